The van der Waals surface area contributed by atoms with Crippen molar-refractivity contribution in [1.82, 2.24) is 0 Å². The summed E-state index contributed by atoms with van der Waals surface area (Å²) in [5.74, 6) is 1.81. The first-order valence-corrected chi connectivity index (χ1v) is 6.83. The lowest BCUT2D eigenvalue weighted by molar-refractivity contribution is 0.204. The summed E-state index contributed by atoms with van der Waals surface area (Å²) in [5.41, 5.74) is 4.56. The van der Waals surface area contributed by atoms with Crippen molar-refractivity contribution in [1.29, 1.82) is 0 Å². The summed E-state index contributed by atoms with van der Waals surface area (Å²) >= 11 is 0. The smallest absolute Gasteiger partial charge is 0.146 e. The lowest BCUT2D eigenvalue weighted by Crippen LogP contribution is -2.24. The summed E-state index contributed by atoms with van der Waals surface area (Å²) in [4.78, 5) is 0. The molecule has 3 nitrogen and oxygen atoms in total. The van der Waals surface area contributed by atoms with Crippen LogP contribution in [0.2, 0.25) is 0 Å². The van der Waals surface area contributed by atoms with Gasteiger partial charge in [-0.1, -0.05) is 24.3 Å². The van der Waals surface area contributed by atoms with E-state index in [4.69, 9.17) is 9.47 Å². The number of methoxy groups -OCH3 is 1. The third-order valence-corrected chi connectivity index (χ3v) is 3.64. The van der Waals surface area contributed by atoms with E-state index in [1.54, 1.807) is 7.11 Å². The SMILES string of the molecule is COc1ccccc1C1CNc2cc(C)cc(C)c2O1. The molecule has 0 aliphatic carbocycles. The van der Waals surface area contributed by atoms with E-state index in [1.165, 1.54) is 5.56 Å². The van der Waals surface area contributed by atoms with Gasteiger partial charge in [-0.2, -0.15) is 0 Å². The van der Waals surface area contributed by atoms with Gasteiger partial charge in [-0.05, 0) is 37.1 Å². The molecule has 1 aliphatic rings. The standard InChI is InChI=1S/C17H19NO2/c1-11-8-12(2)17-14(9-11)18-10-16(20-17)13-6-4-5-7-15(13)19-3/h4-9,16,18H,10H2,1-3H3. The highest BCUT2D eigenvalue weighted by Crippen LogP contribution is 2.39. The number of aryl methyl sites for hydroxylation is 2. The topological polar surface area (TPSA) is 30.5 Å². The highest BCUT2D eigenvalue weighted by Gasteiger charge is 2.24. The predicted octanol–water partition coefficient (Wildman–Crippen LogP) is 3.86. The monoisotopic (exact) mass is 269 g/mol. The van der Waals surface area contributed by atoms with Crippen LogP contribution in [-0.2, 0) is 0 Å². The van der Waals surface area contributed by atoms with E-state index in [2.05, 4.69) is 37.4 Å². The number of ether oxygens (including phenoxy) is 2. The second kappa shape index (κ2) is 5.08. The number of para-hydroxylation sites is 1. The average molecular weight is 269 g/mol. The number of rotatable bonds is 2. The highest BCUT2D eigenvalue weighted by molar-refractivity contribution is 5.63. The van der Waals surface area contributed by atoms with Crippen LogP contribution in [0.25, 0.3) is 0 Å². The van der Waals surface area contributed by atoms with Gasteiger partial charge >= 0.3 is 0 Å². The van der Waals surface area contributed by atoms with Gasteiger partial charge in [0.1, 0.15) is 17.6 Å². The molecule has 2 aromatic rings. The molecule has 1 atom stereocenters. The number of anilines is 1. The summed E-state index contributed by atoms with van der Waals surface area (Å²) in [6.07, 6.45) is -0.0277. The summed E-state index contributed by atoms with van der Waals surface area (Å²) in [6.45, 7) is 4.93. The number of hydrogen-bond acceptors (Lipinski definition) is 3. The normalized spacial score (nSPS) is 16.9. The van der Waals surface area contributed by atoms with Crippen LogP contribution >= 0.6 is 0 Å². The minimum atomic E-state index is -0.0277. The quantitative estimate of drug-likeness (QED) is 0.898. The van der Waals surface area contributed by atoms with E-state index in [0.29, 0.717) is 0 Å². The van der Waals surface area contributed by atoms with Crippen LogP contribution in [0.1, 0.15) is 22.8 Å². The molecule has 3 heteroatoms. The van der Waals surface area contributed by atoms with Gasteiger partial charge in [0.15, 0.2) is 0 Å². The Kier molecular flexibility index (Phi) is 3.26. The Morgan fingerprint density at radius 2 is 2.00 bits per heavy atom. The zero-order valence-electron chi connectivity index (χ0n) is 12.1. The predicted molar refractivity (Wildman–Crippen MR) is 80.8 cm³/mol. The van der Waals surface area contributed by atoms with Crippen molar-refractivity contribution in [3.63, 3.8) is 0 Å². The lowest BCUT2D eigenvalue weighted by Gasteiger charge is -2.30. The van der Waals surface area contributed by atoms with Gasteiger partial charge < -0.3 is 14.8 Å². The Bertz CT molecular complexity index is 637. The Morgan fingerprint density at radius 3 is 2.80 bits per heavy atom. The van der Waals surface area contributed by atoms with E-state index in [-0.39, 0.29) is 6.10 Å². The third-order valence-electron chi connectivity index (χ3n) is 3.64. The maximum Gasteiger partial charge on any atom is 0.146 e. The van der Waals surface area contributed by atoms with Gasteiger partial charge in [0.2, 0.25) is 0 Å². The Labute approximate surface area is 119 Å². The molecule has 0 saturated heterocycles. The molecule has 1 aliphatic heterocycles. The molecular weight excluding hydrogens is 250 g/mol. The summed E-state index contributed by atoms with van der Waals surface area (Å²) in [6, 6.07) is 12.3. The number of benzene rings is 2. The first-order valence-electron chi connectivity index (χ1n) is 6.83. The zero-order valence-corrected chi connectivity index (χ0v) is 12.1. The molecule has 2 aromatic carbocycles. The van der Waals surface area contributed by atoms with Gasteiger partial charge in [-0.3, -0.25) is 0 Å². The van der Waals surface area contributed by atoms with Crippen LogP contribution < -0.4 is 14.8 Å². The molecule has 0 saturated carbocycles. The van der Waals surface area contributed by atoms with E-state index in [0.717, 1.165) is 34.9 Å². The first kappa shape index (κ1) is 12.9. The highest BCUT2D eigenvalue weighted by atomic mass is 16.5. The van der Waals surface area contributed by atoms with E-state index in [1.807, 2.05) is 18.2 Å². The van der Waals surface area contributed by atoms with Gasteiger partial charge in [0.05, 0.1) is 19.3 Å². The average Bonchev–Trinajstić information content (AvgIpc) is 2.47. The fourth-order valence-corrected chi connectivity index (χ4v) is 2.73. The van der Waals surface area contributed by atoms with E-state index in [9.17, 15) is 0 Å². The molecule has 0 aromatic heterocycles. The van der Waals surface area contributed by atoms with E-state index < -0.39 is 0 Å². The second-order valence-electron chi connectivity index (χ2n) is 5.19. The van der Waals surface area contributed by atoms with Crippen molar-refractivity contribution in [3.05, 3.63) is 53.1 Å². The van der Waals surface area contributed by atoms with Gasteiger partial charge in [-0.15, -0.1) is 0 Å². The number of hydrogen-bond donors (Lipinski definition) is 1. The Balaban J connectivity index is 1.96. The van der Waals surface area contributed by atoms with Crippen molar-refractivity contribution in [2.75, 3.05) is 19.0 Å². The maximum atomic E-state index is 6.20. The third kappa shape index (κ3) is 2.20. The van der Waals surface area contributed by atoms with Crippen LogP contribution in [0.15, 0.2) is 36.4 Å². The number of nitrogens with one attached hydrogen (secondary N) is 1. The fourth-order valence-electron chi connectivity index (χ4n) is 2.73. The Hall–Kier alpha value is -2.16. The van der Waals surface area contributed by atoms with Gasteiger partial charge in [-0.25, -0.2) is 0 Å². The van der Waals surface area contributed by atoms with Crippen LogP contribution in [0.3, 0.4) is 0 Å². The van der Waals surface area contributed by atoms with Crippen molar-refractivity contribution in [2.45, 2.75) is 20.0 Å². The largest absolute Gasteiger partial charge is 0.496 e. The molecule has 20 heavy (non-hydrogen) atoms. The summed E-state index contributed by atoms with van der Waals surface area (Å²) in [5, 5.41) is 3.46. The molecular formula is C17H19NO2. The second-order valence-corrected chi connectivity index (χ2v) is 5.19. The molecule has 0 fully saturated rings. The zero-order chi connectivity index (χ0) is 14.1. The first-order chi connectivity index (χ1) is 9.69. The lowest BCUT2D eigenvalue weighted by atomic mass is 10.0. The molecule has 1 heterocycles. The molecule has 1 N–H and O–H groups in total. The van der Waals surface area contributed by atoms with Crippen LogP contribution in [-0.4, -0.2) is 13.7 Å². The Morgan fingerprint density at radius 1 is 1.20 bits per heavy atom. The number of fused-ring (bicyclic) bond motifs is 1. The van der Waals surface area contributed by atoms with Crippen LogP contribution in [0, 0.1) is 13.8 Å². The van der Waals surface area contributed by atoms with Crippen LogP contribution in [0.4, 0.5) is 5.69 Å². The molecule has 3 rings (SSSR count). The molecule has 1 unspecified atom stereocenters. The minimum absolute atomic E-state index is 0.0277. The van der Waals surface area contributed by atoms with E-state index >= 15 is 0 Å². The maximum absolute atomic E-state index is 6.20. The van der Waals surface area contributed by atoms with Crippen molar-refractivity contribution in [2.24, 2.45) is 0 Å². The van der Waals surface area contributed by atoms with Crippen molar-refractivity contribution in [3.8, 4) is 11.5 Å². The van der Waals surface area contributed by atoms with Crippen LogP contribution in [0.5, 0.6) is 11.5 Å². The molecule has 0 bridgehead atoms. The molecule has 104 valence electrons. The van der Waals surface area contributed by atoms with Crippen molar-refractivity contribution < 1.29 is 9.47 Å². The molecule has 0 amide bonds. The summed E-state index contributed by atoms with van der Waals surface area (Å²) < 4.78 is 11.6. The molecule has 0 spiro atoms. The molecule has 0 radical (unpaired) electrons. The van der Waals surface area contributed by atoms with Gasteiger partial charge in [0, 0.05) is 5.56 Å². The minimum Gasteiger partial charge on any atom is -0.496 e. The van der Waals surface area contributed by atoms with Crippen molar-refractivity contribution >= 4 is 5.69 Å². The summed E-state index contributed by atoms with van der Waals surface area (Å²) in [7, 11) is 1.69. The van der Waals surface area contributed by atoms with Gasteiger partial charge in [0.25, 0.3) is 0 Å². The fraction of sp³-hybridized carbons (Fsp3) is 0.294.